The van der Waals surface area contributed by atoms with Crippen molar-refractivity contribution < 1.29 is 4.79 Å². The topological polar surface area (TPSA) is 17.1 Å². The number of hydrogen-bond donors (Lipinski definition) is 0. The molecule has 1 aromatic carbocycles. The smallest absolute Gasteiger partial charge is 0.165 e. The molecule has 1 heteroatoms. The molecule has 1 nitrogen and oxygen atoms in total. The average Bonchev–Trinajstić information content (AvgIpc) is 2.15. The van der Waals surface area contributed by atoms with Gasteiger partial charge in [-0.05, 0) is 30.9 Å². The fraction of sp³-hybridized carbons (Fsp3) is 0.462. The molecule has 14 heavy (non-hydrogen) atoms. The van der Waals surface area contributed by atoms with E-state index in [0.717, 1.165) is 24.8 Å². The van der Waals surface area contributed by atoms with E-state index in [1.807, 2.05) is 18.2 Å². The summed E-state index contributed by atoms with van der Waals surface area (Å²) in [5.41, 5.74) is 2.17. The van der Waals surface area contributed by atoms with Gasteiger partial charge in [-0.2, -0.15) is 0 Å². The predicted octanol–water partition coefficient (Wildman–Crippen LogP) is 3.23. The zero-order valence-corrected chi connectivity index (χ0v) is 8.62. The zero-order chi connectivity index (χ0) is 9.97. The molecule has 0 saturated heterocycles. The Bertz CT molecular complexity index is 337. The summed E-state index contributed by atoms with van der Waals surface area (Å²) in [5, 5.41) is 0. The summed E-state index contributed by atoms with van der Waals surface area (Å²) < 4.78 is 0. The van der Waals surface area contributed by atoms with Crippen LogP contribution in [0.25, 0.3) is 0 Å². The molecule has 0 atom stereocenters. The Kier molecular flexibility index (Phi) is 2.67. The Balaban J connectivity index is 2.18. The lowest BCUT2D eigenvalue weighted by atomic mass is 9.80. The van der Waals surface area contributed by atoms with E-state index in [1.165, 1.54) is 12.0 Å². The Morgan fingerprint density at radius 2 is 2.21 bits per heavy atom. The van der Waals surface area contributed by atoms with Gasteiger partial charge in [0.25, 0.3) is 0 Å². The summed E-state index contributed by atoms with van der Waals surface area (Å²) in [5.74, 6) is 0.675. The normalized spacial score (nSPS) is 16.4. The molecule has 74 valence electrons. The first-order chi connectivity index (χ1) is 6.81. The van der Waals surface area contributed by atoms with Crippen LogP contribution in [0.5, 0.6) is 0 Å². The highest BCUT2D eigenvalue weighted by molar-refractivity contribution is 5.98. The molecular weight excluding hydrogens is 172 g/mol. The molecule has 0 amide bonds. The lowest BCUT2D eigenvalue weighted by Gasteiger charge is -2.23. The zero-order valence-electron chi connectivity index (χ0n) is 8.62. The van der Waals surface area contributed by atoms with Crippen molar-refractivity contribution >= 4 is 5.78 Å². The van der Waals surface area contributed by atoms with Gasteiger partial charge in [0.2, 0.25) is 0 Å². The Hall–Kier alpha value is -1.11. The van der Waals surface area contributed by atoms with Crippen LogP contribution < -0.4 is 0 Å². The first-order valence-corrected chi connectivity index (χ1v) is 5.44. The van der Waals surface area contributed by atoms with Crippen molar-refractivity contribution in [1.82, 2.24) is 0 Å². The first kappa shape index (κ1) is 9.45. The number of carbonyl (C=O) groups excluding carboxylic acids is 1. The number of carbonyl (C=O) groups is 1. The van der Waals surface area contributed by atoms with Crippen molar-refractivity contribution in [3.8, 4) is 0 Å². The van der Waals surface area contributed by atoms with Gasteiger partial charge in [-0.1, -0.05) is 31.5 Å². The summed E-state index contributed by atoms with van der Waals surface area (Å²) in [6.07, 6.45) is 4.42. The minimum absolute atomic E-state index is 0.321. The van der Waals surface area contributed by atoms with E-state index in [4.69, 9.17) is 0 Å². The Morgan fingerprint density at radius 3 is 2.79 bits per heavy atom. The SMILES string of the molecule is CCc1cccc(C(=O)C2CCC2)c1. The second-order valence-corrected chi connectivity index (χ2v) is 4.05. The van der Waals surface area contributed by atoms with E-state index in [-0.39, 0.29) is 0 Å². The van der Waals surface area contributed by atoms with Crippen LogP contribution in [0.1, 0.15) is 42.1 Å². The molecule has 1 fully saturated rings. The summed E-state index contributed by atoms with van der Waals surface area (Å²) in [6, 6.07) is 8.06. The minimum atomic E-state index is 0.321. The molecule has 0 N–H and O–H groups in total. The Morgan fingerprint density at radius 1 is 1.43 bits per heavy atom. The molecule has 1 aromatic rings. The third-order valence-electron chi connectivity index (χ3n) is 3.10. The lowest BCUT2D eigenvalue weighted by molar-refractivity contribution is 0.0855. The highest BCUT2D eigenvalue weighted by atomic mass is 16.1. The van der Waals surface area contributed by atoms with Crippen molar-refractivity contribution in [1.29, 1.82) is 0 Å². The second kappa shape index (κ2) is 3.95. The van der Waals surface area contributed by atoms with E-state index < -0.39 is 0 Å². The van der Waals surface area contributed by atoms with Crippen LogP contribution in [0, 0.1) is 5.92 Å². The highest BCUT2D eigenvalue weighted by Gasteiger charge is 2.25. The molecule has 0 aromatic heterocycles. The van der Waals surface area contributed by atoms with Gasteiger partial charge in [-0.15, -0.1) is 0 Å². The van der Waals surface area contributed by atoms with Gasteiger partial charge in [-0.3, -0.25) is 4.79 Å². The van der Waals surface area contributed by atoms with Crippen LogP contribution in [0.4, 0.5) is 0 Å². The summed E-state index contributed by atoms with van der Waals surface area (Å²) in [6.45, 7) is 2.12. The van der Waals surface area contributed by atoms with Crippen molar-refractivity contribution in [2.75, 3.05) is 0 Å². The summed E-state index contributed by atoms with van der Waals surface area (Å²) in [4.78, 5) is 11.9. The van der Waals surface area contributed by atoms with Gasteiger partial charge in [0.05, 0.1) is 0 Å². The number of rotatable bonds is 3. The van der Waals surface area contributed by atoms with E-state index in [2.05, 4.69) is 13.0 Å². The number of hydrogen-bond acceptors (Lipinski definition) is 1. The second-order valence-electron chi connectivity index (χ2n) is 4.05. The van der Waals surface area contributed by atoms with Crippen molar-refractivity contribution in [3.05, 3.63) is 35.4 Å². The molecule has 1 saturated carbocycles. The van der Waals surface area contributed by atoms with Gasteiger partial charge in [0, 0.05) is 11.5 Å². The van der Waals surface area contributed by atoms with Crippen LogP contribution in [0.3, 0.4) is 0 Å². The lowest BCUT2D eigenvalue weighted by Crippen LogP contribution is -2.21. The van der Waals surface area contributed by atoms with Crippen LogP contribution in [-0.2, 0) is 6.42 Å². The Labute approximate surface area is 85.1 Å². The maximum atomic E-state index is 11.9. The van der Waals surface area contributed by atoms with Crippen LogP contribution >= 0.6 is 0 Å². The van der Waals surface area contributed by atoms with Crippen LogP contribution in [-0.4, -0.2) is 5.78 Å². The number of ketones is 1. The standard InChI is InChI=1S/C13H16O/c1-2-10-5-3-8-12(9-10)13(14)11-6-4-7-11/h3,5,8-9,11H,2,4,6-7H2,1H3. The molecular formula is C13H16O. The number of benzene rings is 1. The third-order valence-corrected chi connectivity index (χ3v) is 3.10. The summed E-state index contributed by atoms with van der Waals surface area (Å²) in [7, 11) is 0. The molecule has 0 spiro atoms. The van der Waals surface area contributed by atoms with Crippen molar-refractivity contribution in [2.45, 2.75) is 32.6 Å². The number of Topliss-reactive ketones (excluding diaryl/α,β-unsaturated/α-hetero) is 1. The fourth-order valence-corrected chi connectivity index (χ4v) is 1.85. The third kappa shape index (κ3) is 1.72. The van der Waals surface area contributed by atoms with Crippen molar-refractivity contribution in [2.24, 2.45) is 5.92 Å². The molecule has 0 bridgehead atoms. The monoisotopic (exact) mass is 188 g/mol. The molecule has 0 heterocycles. The van der Waals surface area contributed by atoms with E-state index >= 15 is 0 Å². The van der Waals surface area contributed by atoms with Crippen LogP contribution in [0.15, 0.2) is 24.3 Å². The average molecular weight is 188 g/mol. The fourth-order valence-electron chi connectivity index (χ4n) is 1.85. The maximum absolute atomic E-state index is 11.9. The summed E-state index contributed by atoms with van der Waals surface area (Å²) >= 11 is 0. The van der Waals surface area contributed by atoms with Gasteiger partial charge >= 0.3 is 0 Å². The first-order valence-electron chi connectivity index (χ1n) is 5.44. The number of aryl methyl sites for hydroxylation is 1. The van der Waals surface area contributed by atoms with Gasteiger partial charge in [0.1, 0.15) is 0 Å². The van der Waals surface area contributed by atoms with Gasteiger partial charge in [0.15, 0.2) is 5.78 Å². The highest BCUT2D eigenvalue weighted by Crippen LogP contribution is 2.29. The van der Waals surface area contributed by atoms with Crippen LogP contribution in [0.2, 0.25) is 0 Å². The van der Waals surface area contributed by atoms with E-state index in [0.29, 0.717) is 11.7 Å². The van der Waals surface area contributed by atoms with Gasteiger partial charge < -0.3 is 0 Å². The van der Waals surface area contributed by atoms with Gasteiger partial charge in [-0.25, -0.2) is 0 Å². The minimum Gasteiger partial charge on any atom is -0.294 e. The predicted molar refractivity (Wildman–Crippen MR) is 57.5 cm³/mol. The quantitative estimate of drug-likeness (QED) is 0.665. The molecule has 1 aliphatic rings. The molecule has 0 unspecified atom stereocenters. The molecule has 0 aliphatic heterocycles. The largest absolute Gasteiger partial charge is 0.294 e. The molecule has 1 aliphatic carbocycles. The van der Waals surface area contributed by atoms with E-state index in [1.54, 1.807) is 0 Å². The maximum Gasteiger partial charge on any atom is 0.165 e. The molecule has 2 rings (SSSR count). The molecule has 0 radical (unpaired) electrons. The van der Waals surface area contributed by atoms with E-state index in [9.17, 15) is 4.79 Å². The van der Waals surface area contributed by atoms with Crippen molar-refractivity contribution in [3.63, 3.8) is 0 Å².